The number of rotatable bonds is 9. The first-order valence-electron chi connectivity index (χ1n) is 10.8. The standard InChI is InChI=1S/C25H23ClN4O5S/c1-34-20-10-8-19(9-11-20)28-24(31)23-22(14-27-25(29-23)36(2,32)33)30(16-21-7-4-12-35-21)15-17-5-3-6-18(26)13-17/h3-14H,15-16H2,1-2H3,(H,28,31). The molecule has 36 heavy (non-hydrogen) atoms. The van der Waals surface area contributed by atoms with Gasteiger partial charge in [-0.1, -0.05) is 23.7 Å². The average molecular weight is 527 g/mol. The molecule has 11 heteroatoms. The summed E-state index contributed by atoms with van der Waals surface area (Å²) < 4.78 is 35.1. The van der Waals surface area contributed by atoms with Crippen LogP contribution in [0.5, 0.6) is 5.75 Å². The Morgan fingerprint density at radius 2 is 1.89 bits per heavy atom. The molecule has 0 aliphatic rings. The Labute approximate surface area is 213 Å². The second-order valence-corrected chi connectivity index (χ2v) is 10.3. The molecule has 0 saturated carbocycles. The summed E-state index contributed by atoms with van der Waals surface area (Å²) in [5.41, 5.74) is 1.57. The minimum Gasteiger partial charge on any atom is -0.497 e. The van der Waals surface area contributed by atoms with Gasteiger partial charge in [-0.2, -0.15) is 0 Å². The molecule has 0 bridgehead atoms. The van der Waals surface area contributed by atoms with Gasteiger partial charge in [0.05, 0.1) is 31.8 Å². The maximum absolute atomic E-state index is 13.4. The number of amides is 1. The highest BCUT2D eigenvalue weighted by Crippen LogP contribution is 2.26. The number of sulfone groups is 1. The Kier molecular flexibility index (Phi) is 7.56. The summed E-state index contributed by atoms with van der Waals surface area (Å²) in [5, 5.41) is 2.87. The number of anilines is 2. The highest BCUT2D eigenvalue weighted by atomic mass is 35.5. The fraction of sp³-hybridized carbons (Fsp3) is 0.160. The van der Waals surface area contributed by atoms with Crippen molar-refractivity contribution in [2.45, 2.75) is 18.2 Å². The van der Waals surface area contributed by atoms with Crippen LogP contribution in [0.3, 0.4) is 0 Å². The molecule has 0 atom stereocenters. The summed E-state index contributed by atoms with van der Waals surface area (Å²) in [6.45, 7) is 0.593. The van der Waals surface area contributed by atoms with E-state index in [1.165, 1.54) is 6.20 Å². The van der Waals surface area contributed by atoms with E-state index in [1.807, 2.05) is 17.0 Å². The second-order valence-electron chi connectivity index (χ2n) is 7.91. The van der Waals surface area contributed by atoms with Crippen molar-refractivity contribution in [3.63, 3.8) is 0 Å². The van der Waals surface area contributed by atoms with Gasteiger partial charge >= 0.3 is 0 Å². The molecular formula is C25H23ClN4O5S. The summed E-state index contributed by atoms with van der Waals surface area (Å²) in [4.78, 5) is 23.4. The number of nitrogens with zero attached hydrogens (tertiary/aromatic N) is 3. The van der Waals surface area contributed by atoms with Crippen molar-refractivity contribution >= 4 is 38.7 Å². The average Bonchev–Trinajstić information content (AvgIpc) is 3.36. The molecule has 0 radical (unpaired) electrons. The molecule has 0 aliphatic heterocycles. The normalized spacial score (nSPS) is 11.2. The van der Waals surface area contributed by atoms with Gasteiger partial charge in [0.25, 0.3) is 5.91 Å². The summed E-state index contributed by atoms with van der Waals surface area (Å²) >= 11 is 6.18. The van der Waals surface area contributed by atoms with Gasteiger partial charge in [0.2, 0.25) is 15.0 Å². The molecular weight excluding hydrogens is 504 g/mol. The first-order chi connectivity index (χ1) is 17.2. The van der Waals surface area contributed by atoms with Crippen LogP contribution in [-0.2, 0) is 22.9 Å². The van der Waals surface area contributed by atoms with Gasteiger partial charge in [-0.05, 0) is 54.1 Å². The highest BCUT2D eigenvalue weighted by Gasteiger charge is 2.24. The first-order valence-corrected chi connectivity index (χ1v) is 13.0. The number of ether oxygens (including phenoxy) is 1. The Hall–Kier alpha value is -3.89. The van der Waals surface area contributed by atoms with Crippen LogP contribution in [-0.4, -0.2) is 37.7 Å². The summed E-state index contributed by atoms with van der Waals surface area (Å²) in [7, 11) is -2.23. The van der Waals surface area contributed by atoms with Gasteiger partial charge in [0.1, 0.15) is 11.5 Å². The van der Waals surface area contributed by atoms with E-state index in [-0.39, 0.29) is 12.2 Å². The molecule has 0 aliphatic carbocycles. The molecule has 186 valence electrons. The van der Waals surface area contributed by atoms with E-state index in [0.29, 0.717) is 34.5 Å². The minimum absolute atomic E-state index is 0.102. The zero-order valence-corrected chi connectivity index (χ0v) is 21.1. The van der Waals surface area contributed by atoms with E-state index < -0.39 is 20.9 Å². The van der Waals surface area contributed by atoms with Crippen LogP contribution >= 0.6 is 11.6 Å². The third-order valence-electron chi connectivity index (χ3n) is 5.17. The summed E-state index contributed by atoms with van der Waals surface area (Å²) in [6.07, 6.45) is 3.87. The molecule has 1 N–H and O–H groups in total. The minimum atomic E-state index is -3.77. The molecule has 0 fully saturated rings. The van der Waals surface area contributed by atoms with Gasteiger partial charge in [-0.25, -0.2) is 18.4 Å². The lowest BCUT2D eigenvalue weighted by molar-refractivity contribution is 0.102. The molecule has 2 aromatic heterocycles. The summed E-state index contributed by atoms with van der Waals surface area (Å²) in [6, 6.07) is 17.6. The number of furan rings is 1. The molecule has 2 aromatic carbocycles. The lowest BCUT2D eigenvalue weighted by Crippen LogP contribution is -2.27. The number of halogens is 1. The lowest BCUT2D eigenvalue weighted by Gasteiger charge is -2.25. The van der Waals surface area contributed by atoms with Crippen LogP contribution in [0, 0.1) is 0 Å². The Morgan fingerprint density at radius 3 is 2.53 bits per heavy atom. The maximum Gasteiger partial charge on any atom is 0.276 e. The largest absolute Gasteiger partial charge is 0.497 e. The van der Waals surface area contributed by atoms with E-state index in [1.54, 1.807) is 61.9 Å². The second kappa shape index (κ2) is 10.8. The third-order valence-corrected chi connectivity index (χ3v) is 6.27. The van der Waals surface area contributed by atoms with Crippen LogP contribution in [0.15, 0.2) is 82.7 Å². The summed E-state index contributed by atoms with van der Waals surface area (Å²) in [5.74, 6) is 0.657. The van der Waals surface area contributed by atoms with Crippen molar-refractivity contribution in [1.29, 1.82) is 0 Å². The van der Waals surface area contributed by atoms with Gasteiger partial charge in [-0.3, -0.25) is 4.79 Å². The van der Waals surface area contributed by atoms with Crippen molar-refractivity contribution in [1.82, 2.24) is 9.97 Å². The number of benzene rings is 2. The molecule has 4 aromatic rings. The smallest absolute Gasteiger partial charge is 0.276 e. The number of carbonyl (C=O) groups is 1. The maximum atomic E-state index is 13.4. The van der Waals surface area contributed by atoms with Crippen LogP contribution in [0.25, 0.3) is 0 Å². The van der Waals surface area contributed by atoms with Crippen molar-refractivity contribution in [3.8, 4) is 5.75 Å². The lowest BCUT2D eigenvalue weighted by atomic mass is 10.2. The SMILES string of the molecule is COc1ccc(NC(=O)c2nc(S(C)(=O)=O)ncc2N(Cc2cccc(Cl)c2)Cc2ccco2)cc1. The predicted molar refractivity (Wildman–Crippen MR) is 136 cm³/mol. The van der Waals surface area contributed by atoms with Crippen molar-refractivity contribution in [3.05, 3.63) is 95.2 Å². The van der Waals surface area contributed by atoms with Gasteiger partial charge < -0.3 is 19.4 Å². The monoisotopic (exact) mass is 526 g/mol. The molecule has 0 unspecified atom stereocenters. The number of hydrogen-bond acceptors (Lipinski definition) is 8. The Bertz CT molecular complexity index is 1460. The van der Waals surface area contributed by atoms with Gasteiger partial charge in [0.15, 0.2) is 5.69 Å². The molecule has 1 amide bonds. The van der Waals surface area contributed by atoms with E-state index in [4.69, 9.17) is 20.8 Å². The first kappa shape index (κ1) is 25.2. The van der Waals surface area contributed by atoms with Crippen LogP contribution in [0.1, 0.15) is 21.8 Å². The van der Waals surface area contributed by atoms with E-state index >= 15 is 0 Å². The number of methoxy groups -OCH3 is 1. The number of aromatic nitrogens is 2. The highest BCUT2D eigenvalue weighted by molar-refractivity contribution is 7.90. The fourth-order valence-electron chi connectivity index (χ4n) is 3.47. The predicted octanol–water partition coefficient (Wildman–Crippen LogP) is 4.59. The van der Waals surface area contributed by atoms with E-state index in [0.717, 1.165) is 11.8 Å². The van der Waals surface area contributed by atoms with E-state index in [2.05, 4.69) is 15.3 Å². The third kappa shape index (κ3) is 6.21. The molecule has 2 heterocycles. The van der Waals surface area contributed by atoms with E-state index in [9.17, 15) is 13.2 Å². The van der Waals surface area contributed by atoms with Crippen molar-refractivity contribution < 1.29 is 22.4 Å². The zero-order valence-electron chi connectivity index (χ0n) is 19.5. The van der Waals surface area contributed by atoms with Crippen LogP contribution in [0.2, 0.25) is 5.02 Å². The zero-order chi connectivity index (χ0) is 25.7. The van der Waals surface area contributed by atoms with Crippen molar-refractivity contribution in [2.24, 2.45) is 0 Å². The van der Waals surface area contributed by atoms with Gasteiger partial charge in [-0.15, -0.1) is 0 Å². The van der Waals surface area contributed by atoms with Crippen LogP contribution < -0.4 is 15.0 Å². The number of nitrogens with one attached hydrogen (secondary N) is 1. The quantitative estimate of drug-likeness (QED) is 0.315. The topological polar surface area (TPSA) is 115 Å². The molecule has 0 saturated heterocycles. The fourth-order valence-corrected chi connectivity index (χ4v) is 4.19. The molecule has 4 rings (SSSR count). The number of carbonyl (C=O) groups excluding carboxylic acids is 1. The Morgan fingerprint density at radius 1 is 1.11 bits per heavy atom. The van der Waals surface area contributed by atoms with Crippen molar-refractivity contribution in [2.75, 3.05) is 23.6 Å². The van der Waals surface area contributed by atoms with Crippen LogP contribution in [0.4, 0.5) is 11.4 Å². The number of hydrogen-bond donors (Lipinski definition) is 1. The molecule has 0 spiro atoms. The van der Waals surface area contributed by atoms with Gasteiger partial charge in [0, 0.05) is 23.5 Å². The molecule has 9 nitrogen and oxygen atoms in total. The Balaban J connectivity index is 1.76.